The molecule has 128 valence electrons. The predicted molar refractivity (Wildman–Crippen MR) is 91.5 cm³/mol. The molecule has 2 aromatic rings. The first-order chi connectivity index (χ1) is 11.5. The van der Waals surface area contributed by atoms with Gasteiger partial charge in [0.2, 0.25) is 0 Å². The van der Waals surface area contributed by atoms with Gasteiger partial charge in [0.25, 0.3) is 5.91 Å². The third-order valence-corrected chi connectivity index (χ3v) is 3.24. The van der Waals surface area contributed by atoms with Crippen LogP contribution in [0.3, 0.4) is 0 Å². The SMILES string of the molecule is COc1ccc(CNc2cc(C(=O)NC(C)C)ncn2)cc1OC. The van der Waals surface area contributed by atoms with Crippen LogP contribution in [0.5, 0.6) is 11.5 Å². The number of rotatable bonds is 7. The number of ether oxygens (including phenoxy) is 2. The van der Waals surface area contributed by atoms with E-state index in [1.54, 1.807) is 20.3 Å². The van der Waals surface area contributed by atoms with Crippen LogP contribution in [0.15, 0.2) is 30.6 Å². The molecule has 0 aliphatic carbocycles. The summed E-state index contributed by atoms with van der Waals surface area (Å²) in [6, 6.07) is 7.34. The Balaban J connectivity index is 2.05. The van der Waals surface area contributed by atoms with E-state index in [0.717, 1.165) is 5.56 Å². The molecule has 0 spiro atoms. The molecule has 1 aromatic heterocycles. The van der Waals surface area contributed by atoms with Gasteiger partial charge >= 0.3 is 0 Å². The number of aromatic nitrogens is 2. The molecule has 7 heteroatoms. The number of nitrogens with one attached hydrogen (secondary N) is 2. The zero-order chi connectivity index (χ0) is 17.5. The Bertz CT molecular complexity index is 704. The molecule has 7 nitrogen and oxygen atoms in total. The lowest BCUT2D eigenvalue weighted by Crippen LogP contribution is -2.30. The highest BCUT2D eigenvalue weighted by Crippen LogP contribution is 2.27. The van der Waals surface area contributed by atoms with Gasteiger partial charge in [0.05, 0.1) is 14.2 Å². The minimum absolute atomic E-state index is 0.0515. The average Bonchev–Trinajstić information content (AvgIpc) is 2.59. The van der Waals surface area contributed by atoms with Gasteiger partial charge in [-0.2, -0.15) is 0 Å². The summed E-state index contributed by atoms with van der Waals surface area (Å²) in [4.78, 5) is 20.1. The molecule has 2 N–H and O–H groups in total. The van der Waals surface area contributed by atoms with Crippen molar-refractivity contribution in [1.29, 1.82) is 0 Å². The van der Waals surface area contributed by atoms with E-state index >= 15 is 0 Å². The molecule has 0 aliphatic heterocycles. The van der Waals surface area contributed by atoms with Crippen molar-refractivity contribution in [2.45, 2.75) is 26.4 Å². The minimum Gasteiger partial charge on any atom is -0.493 e. The van der Waals surface area contributed by atoms with Gasteiger partial charge in [-0.25, -0.2) is 9.97 Å². The van der Waals surface area contributed by atoms with Crippen molar-refractivity contribution in [2.24, 2.45) is 0 Å². The summed E-state index contributed by atoms with van der Waals surface area (Å²) in [6.07, 6.45) is 1.37. The maximum atomic E-state index is 12.0. The molecule has 0 radical (unpaired) electrons. The predicted octanol–water partition coefficient (Wildman–Crippen LogP) is 2.24. The molecule has 1 amide bonds. The van der Waals surface area contributed by atoms with Crippen molar-refractivity contribution in [3.63, 3.8) is 0 Å². The van der Waals surface area contributed by atoms with Gasteiger partial charge in [0, 0.05) is 18.7 Å². The summed E-state index contributed by atoms with van der Waals surface area (Å²) in [5.74, 6) is 1.70. The fourth-order valence-corrected chi connectivity index (χ4v) is 2.10. The Morgan fingerprint density at radius 2 is 1.88 bits per heavy atom. The van der Waals surface area contributed by atoms with Gasteiger partial charge in [0.1, 0.15) is 17.8 Å². The number of hydrogen-bond donors (Lipinski definition) is 2. The highest BCUT2D eigenvalue weighted by atomic mass is 16.5. The van der Waals surface area contributed by atoms with Crippen LogP contribution < -0.4 is 20.1 Å². The molecule has 0 atom stereocenters. The van der Waals surface area contributed by atoms with Crippen molar-refractivity contribution >= 4 is 11.7 Å². The van der Waals surface area contributed by atoms with Crippen molar-refractivity contribution in [3.8, 4) is 11.5 Å². The highest BCUT2D eigenvalue weighted by molar-refractivity contribution is 5.92. The van der Waals surface area contributed by atoms with Crippen LogP contribution >= 0.6 is 0 Å². The second-order valence-electron chi connectivity index (χ2n) is 5.46. The quantitative estimate of drug-likeness (QED) is 0.810. The van der Waals surface area contributed by atoms with Crippen molar-refractivity contribution in [1.82, 2.24) is 15.3 Å². The first-order valence-electron chi connectivity index (χ1n) is 7.61. The average molecular weight is 330 g/mol. The number of carbonyl (C=O) groups excluding carboxylic acids is 1. The monoisotopic (exact) mass is 330 g/mol. The Labute approximate surface area is 141 Å². The minimum atomic E-state index is -0.221. The number of hydrogen-bond acceptors (Lipinski definition) is 6. The van der Waals surface area contributed by atoms with Crippen molar-refractivity contribution in [2.75, 3.05) is 19.5 Å². The zero-order valence-corrected chi connectivity index (χ0v) is 14.3. The van der Waals surface area contributed by atoms with Gasteiger partial charge in [-0.3, -0.25) is 4.79 Å². The van der Waals surface area contributed by atoms with E-state index in [4.69, 9.17) is 9.47 Å². The number of anilines is 1. The van der Waals surface area contributed by atoms with Crippen LogP contribution in [0, 0.1) is 0 Å². The lowest BCUT2D eigenvalue weighted by atomic mass is 10.2. The number of carbonyl (C=O) groups is 1. The third-order valence-electron chi connectivity index (χ3n) is 3.24. The van der Waals surface area contributed by atoms with Crippen LogP contribution in [0.2, 0.25) is 0 Å². The molecule has 1 aromatic carbocycles. The standard InChI is InChI=1S/C17H22N4O3/c1-11(2)21-17(22)13-8-16(20-10-19-13)18-9-12-5-6-14(23-3)15(7-12)24-4/h5-8,10-11H,9H2,1-4H3,(H,21,22)(H,18,19,20). The molecular formula is C17H22N4O3. The summed E-state index contributed by atoms with van der Waals surface area (Å²) in [7, 11) is 3.19. The first kappa shape index (κ1) is 17.5. The number of benzene rings is 1. The number of amides is 1. The van der Waals surface area contributed by atoms with Gasteiger partial charge in [-0.05, 0) is 31.5 Å². The molecule has 0 saturated carbocycles. The van der Waals surface area contributed by atoms with E-state index in [9.17, 15) is 4.79 Å². The van der Waals surface area contributed by atoms with E-state index in [0.29, 0.717) is 29.6 Å². The molecule has 0 unspecified atom stereocenters. The highest BCUT2D eigenvalue weighted by Gasteiger charge is 2.10. The zero-order valence-electron chi connectivity index (χ0n) is 14.3. The maximum absolute atomic E-state index is 12.0. The summed E-state index contributed by atoms with van der Waals surface area (Å²) in [6.45, 7) is 4.33. The topological polar surface area (TPSA) is 85.4 Å². The lowest BCUT2D eigenvalue weighted by molar-refractivity contribution is 0.0938. The lowest BCUT2D eigenvalue weighted by Gasteiger charge is -2.11. The summed E-state index contributed by atoms with van der Waals surface area (Å²) in [5.41, 5.74) is 1.33. The Kier molecular flexibility index (Phi) is 5.95. The maximum Gasteiger partial charge on any atom is 0.270 e. The van der Waals surface area contributed by atoms with Crippen LogP contribution in [0.4, 0.5) is 5.82 Å². The Morgan fingerprint density at radius 1 is 1.12 bits per heavy atom. The molecular weight excluding hydrogens is 308 g/mol. The molecule has 24 heavy (non-hydrogen) atoms. The van der Waals surface area contributed by atoms with E-state index in [1.165, 1.54) is 6.33 Å². The molecule has 0 saturated heterocycles. The smallest absolute Gasteiger partial charge is 0.270 e. The van der Waals surface area contributed by atoms with E-state index in [2.05, 4.69) is 20.6 Å². The fraction of sp³-hybridized carbons (Fsp3) is 0.353. The van der Waals surface area contributed by atoms with Crippen molar-refractivity contribution < 1.29 is 14.3 Å². The van der Waals surface area contributed by atoms with Gasteiger partial charge < -0.3 is 20.1 Å². The normalized spacial score (nSPS) is 10.4. The van der Waals surface area contributed by atoms with E-state index in [-0.39, 0.29) is 11.9 Å². The summed E-state index contributed by atoms with van der Waals surface area (Å²) in [5, 5.41) is 5.97. The van der Waals surface area contributed by atoms with Crippen LogP contribution in [-0.4, -0.2) is 36.1 Å². The first-order valence-corrected chi connectivity index (χ1v) is 7.61. The van der Waals surface area contributed by atoms with E-state index < -0.39 is 0 Å². The number of nitrogens with zero attached hydrogens (tertiary/aromatic N) is 2. The fourth-order valence-electron chi connectivity index (χ4n) is 2.10. The largest absolute Gasteiger partial charge is 0.493 e. The second-order valence-corrected chi connectivity index (χ2v) is 5.46. The van der Waals surface area contributed by atoms with Crippen molar-refractivity contribution in [3.05, 3.63) is 41.9 Å². The molecule has 1 heterocycles. The number of methoxy groups -OCH3 is 2. The Morgan fingerprint density at radius 3 is 2.54 bits per heavy atom. The van der Waals surface area contributed by atoms with Crippen LogP contribution in [-0.2, 0) is 6.54 Å². The van der Waals surface area contributed by atoms with Crippen LogP contribution in [0.1, 0.15) is 29.9 Å². The molecule has 2 rings (SSSR count). The molecule has 0 aliphatic rings. The van der Waals surface area contributed by atoms with E-state index in [1.807, 2.05) is 32.0 Å². The van der Waals surface area contributed by atoms with Gasteiger partial charge in [0.15, 0.2) is 11.5 Å². The third kappa shape index (κ3) is 4.58. The molecule has 0 fully saturated rings. The van der Waals surface area contributed by atoms with Gasteiger partial charge in [-0.1, -0.05) is 6.07 Å². The summed E-state index contributed by atoms with van der Waals surface area (Å²) >= 11 is 0. The second kappa shape index (κ2) is 8.14. The molecule has 0 bridgehead atoms. The van der Waals surface area contributed by atoms with Crippen LogP contribution in [0.25, 0.3) is 0 Å². The van der Waals surface area contributed by atoms with Gasteiger partial charge in [-0.15, -0.1) is 0 Å². The Hall–Kier alpha value is -2.83. The summed E-state index contributed by atoms with van der Waals surface area (Å²) < 4.78 is 10.5.